The minimum atomic E-state index is 0.0751. The Morgan fingerprint density at radius 3 is 2.94 bits per heavy atom. The molecule has 16 heavy (non-hydrogen) atoms. The van der Waals surface area contributed by atoms with Gasteiger partial charge >= 0.3 is 0 Å². The molecule has 0 spiro atoms. The highest BCUT2D eigenvalue weighted by atomic mass is 35.5. The summed E-state index contributed by atoms with van der Waals surface area (Å²) >= 11 is 5.66. The van der Waals surface area contributed by atoms with E-state index in [0.29, 0.717) is 0 Å². The van der Waals surface area contributed by atoms with Gasteiger partial charge in [0.1, 0.15) is 0 Å². The Morgan fingerprint density at radius 2 is 2.25 bits per heavy atom. The molecule has 84 valence electrons. The van der Waals surface area contributed by atoms with Crippen LogP contribution >= 0.6 is 11.6 Å². The summed E-state index contributed by atoms with van der Waals surface area (Å²) < 4.78 is 2.13. The largest absolute Gasteiger partial charge is 0.392 e. The molecule has 0 aliphatic carbocycles. The number of rotatable bonds is 3. The van der Waals surface area contributed by atoms with Crippen LogP contribution in [-0.2, 0) is 13.2 Å². The van der Waals surface area contributed by atoms with E-state index in [1.54, 1.807) is 5.54 Å². The number of hydrogen-bond donors (Lipinski definition) is 1. The normalized spacial score (nSPS) is 12.3. The molecule has 0 aliphatic heterocycles. The van der Waals surface area contributed by atoms with Gasteiger partial charge in [-0.3, -0.25) is 0 Å². The fraction of sp³-hybridized carbons (Fsp3) is 0.231. The maximum Gasteiger partial charge on any atom is 0.0688 e. The lowest BCUT2D eigenvalue weighted by molar-refractivity contribution is 0.283. The lowest BCUT2D eigenvalue weighted by Crippen LogP contribution is -1.96. The Labute approximate surface area is 99.8 Å². The average molecular weight is 236 g/mol. The van der Waals surface area contributed by atoms with Crippen molar-refractivity contribution in [2.45, 2.75) is 20.1 Å². The number of aromatic nitrogens is 1. The SMILES string of the molecule is C/C(=C/Cl)Cn1ccc2c(CO)cccc21. The number of halogens is 1. The van der Waals surface area contributed by atoms with Crippen LogP contribution in [0.3, 0.4) is 0 Å². The first-order valence-corrected chi connectivity index (χ1v) is 5.63. The van der Waals surface area contributed by atoms with E-state index in [1.807, 2.05) is 31.3 Å². The van der Waals surface area contributed by atoms with Gasteiger partial charge in [0.25, 0.3) is 0 Å². The molecule has 0 bridgehead atoms. The second-order valence-corrected chi connectivity index (χ2v) is 4.13. The van der Waals surface area contributed by atoms with Crippen molar-refractivity contribution < 1.29 is 5.11 Å². The van der Waals surface area contributed by atoms with Crippen LogP contribution in [0.2, 0.25) is 0 Å². The molecule has 2 nitrogen and oxygen atoms in total. The van der Waals surface area contributed by atoms with Crippen LogP contribution in [0.5, 0.6) is 0 Å². The van der Waals surface area contributed by atoms with Gasteiger partial charge in [-0.2, -0.15) is 0 Å². The minimum Gasteiger partial charge on any atom is -0.392 e. The first-order chi connectivity index (χ1) is 7.76. The van der Waals surface area contributed by atoms with Crippen molar-refractivity contribution >= 4 is 22.5 Å². The predicted octanol–water partition coefficient (Wildman–Crippen LogP) is 3.28. The summed E-state index contributed by atoms with van der Waals surface area (Å²) in [5.41, 5.74) is 4.79. The minimum absolute atomic E-state index is 0.0751. The third kappa shape index (κ3) is 1.99. The summed E-state index contributed by atoms with van der Waals surface area (Å²) in [5, 5.41) is 10.3. The molecule has 0 saturated carbocycles. The number of benzene rings is 1. The third-order valence-electron chi connectivity index (χ3n) is 2.68. The molecular weight excluding hydrogens is 222 g/mol. The number of aliphatic hydroxyl groups is 1. The number of nitrogens with zero attached hydrogens (tertiary/aromatic N) is 1. The van der Waals surface area contributed by atoms with Crippen molar-refractivity contribution in [3.05, 3.63) is 47.1 Å². The highest BCUT2D eigenvalue weighted by Crippen LogP contribution is 2.21. The van der Waals surface area contributed by atoms with Gasteiger partial charge in [0, 0.05) is 29.2 Å². The summed E-state index contributed by atoms with van der Waals surface area (Å²) in [6, 6.07) is 7.99. The van der Waals surface area contributed by atoms with Crippen LogP contribution in [0.1, 0.15) is 12.5 Å². The number of allylic oxidation sites excluding steroid dienone is 1. The Morgan fingerprint density at radius 1 is 1.44 bits per heavy atom. The maximum atomic E-state index is 9.23. The lowest BCUT2D eigenvalue weighted by atomic mass is 10.1. The molecule has 2 aromatic rings. The maximum absolute atomic E-state index is 9.23. The summed E-state index contributed by atoms with van der Waals surface area (Å²) in [5.74, 6) is 0. The van der Waals surface area contributed by atoms with E-state index in [-0.39, 0.29) is 6.61 Å². The van der Waals surface area contributed by atoms with Gasteiger partial charge in [-0.05, 0) is 30.2 Å². The van der Waals surface area contributed by atoms with Gasteiger partial charge in [-0.15, -0.1) is 0 Å². The molecule has 3 heteroatoms. The predicted molar refractivity (Wildman–Crippen MR) is 67.5 cm³/mol. The van der Waals surface area contributed by atoms with Crippen LogP contribution in [0, 0.1) is 0 Å². The topological polar surface area (TPSA) is 25.2 Å². The molecule has 1 aromatic heterocycles. The fourth-order valence-corrected chi connectivity index (χ4v) is 1.94. The first kappa shape index (κ1) is 11.2. The molecule has 0 aliphatic rings. The molecule has 0 amide bonds. The van der Waals surface area contributed by atoms with Crippen molar-refractivity contribution in [2.75, 3.05) is 0 Å². The molecule has 0 atom stereocenters. The van der Waals surface area contributed by atoms with E-state index >= 15 is 0 Å². The number of fused-ring (bicyclic) bond motifs is 1. The van der Waals surface area contributed by atoms with Crippen molar-refractivity contribution in [2.24, 2.45) is 0 Å². The van der Waals surface area contributed by atoms with Crippen molar-refractivity contribution in [1.82, 2.24) is 4.57 Å². The molecule has 0 unspecified atom stereocenters. The van der Waals surface area contributed by atoms with E-state index in [0.717, 1.165) is 28.6 Å². The molecule has 2 rings (SSSR count). The summed E-state index contributed by atoms with van der Waals surface area (Å²) in [6.07, 6.45) is 2.02. The Kier molecular flexibility index (Phi) is 3.32. The van der Waals surface area contributed by atoms with Gasteiger partial charge in [0.15, 0.2) is 0 Å². The monoisotopic (exact) mass is 235 g/mol. The molecule has 0 fully saturated rings. The van der Waals surface area contributed by atoms with E-state index in [2.05, 4.69) is 10.6 Å². The summed E-state index contributed by atoms with van der Waals surface area (Å²) in [4.78, 5) is 0. The Hall–Kier alpha value is -1.25. The molecular formula is C13H14ClNO. The zero-order valence-electron chi connectivity index (χ0n) is 9.15. The van der Waals surface area contributed by atoms with Crippen LogP contribution < -0.4 is 0 Å². The van der Waals surface area contributed by atoms with Gasteiger partial charge < -0.3 is 9.67 Å². The Balaban J connectivity index is 2.49. The summed E-state index contributed by atoms with van der Waals surface area (Å²) in [7, 11) is 0. The molecule has 0 saturated heterocycles. The highest BCUT2D eigenvalue weighted by molar-refractivity contribution is 6.25. The highest BCUT2D eigenvalue weighted by Gasteiger charge is 2.04. The van der Waals surface area contributed by atoms with E-state index in [9.17, 15) is 5.11 Å². The molecule has 1 heterocycles. The second-order valence-electron chi connectivity index (χ2n) is 3.91. The molecule has 0 radical (unpaired) electrons. The van der Waals surface area contributed by atoms with E-state index in [1.165, 1.54) is 0 Å². The zero-order chi connectivity index (χ0) is 11.5. The van der Waals surface area contributed by atoms with Crippen LogP contribution in [0.4, 0.5) is 0 Å². The smallest absolute Gasteiger partial charge is 0.0688 e. The average Bonchev–Trinajstić information content (AvgIpc) is 2.72. The summed E-state index contributed by atoms with van der Waals surface area (Å²) in [6.45, 7) is 2.85. The third-order valence-corrected chi connectivity index (χ3v) is 3.05. The zero-order valence-corrected chi connectivity index (χ0v) is 9.91. The first-order valence-electron chi connectivity index (χ1n) is 5.19. The fourth-order valence-electron chi connectivity index (χ4n) is 1.87. The van der Waals surface area contributed by atoms with Crippen molar-refractivity contribution in [1.29, 1.82) is 0 Å². The number of hydrogen-bond acceptors (Lipinski definition) is 1. The Bertz CT molecular complexity index is 528. The van der Waals surface area contributed by atoms with Gasteiger partial charge in [0.05, 0.1) is 6.61 Å². The molecule has 1 N–H and O–H groups in total. The second kappa shape index (κ2) is 4.73. The quantitative estimate of drug-likeness (QED) is 0.868. The number of aliphatic hydroxyl groups excluding tert-OH is 1. The van der Waals surface area contributed by atoms with Crippen LogP contribution in [0.25, 0.3) is 10.9 Å². The van der Waals surface area contributed by atoms with Gasteiger partial charge in [0.2, 0.25) is 0 Å². The van der Waals surface area contributed by atoms with E-state index in [4.69, 9.17) is 11.6 Å². The van der Waals surface area contributed by atoms with Crippen LogP contribution in [0.15, 0.2) is 41.6 Å². The van der Waals surface area contributed by atoms with Gasteiger partial charge in [-0.25, -0.2) is 0 Å². The van der Waals surface area contributed by atoms with E-state index < -0.39 is 0 Å². The molecule has 1 aromatic carbocycles. The lowest BCUT2D eigenvalue weighted by Gasteiger charge is -2.06. The van der Waals surface area contributed by atoms with Gasteiger partial charge in [-0.1, -0.05) is 23.7 Å². The standard InChI is InChI=1S/C13H14ClNO/c1-10(7-14)8-15-6-5-12-11(9-16)3-2-4-13(12)15/h2-7,16H,8-9H2,1H3/b10-7-. The van der Waals surface area contributed by atoms with Crippen molar-refractivity contribution in [3.63, 3.8) is 0 Å². The van der Waals surface area contributed by atoms with Crippen molar-refractivity contribution in [3.8, 4) is 0 Å². The van der Waals surface area contributed by atoms with Crippen LogP contribution in [-0.4, -0.2) is 9.67 Å².